The second-order valence-electron chi connectivity index (χ2n) is 3.77. The van der Waals surface area contributed by atoms with Crippen molar-refractivity contribution in [3.05, 3.63) is 25.3 Å². The SMILES string of the molecule is C=CCN(CC=C)C(=O)C1(CN)CC1. The zero-order chi connectivity index (χ0) is 10.6. The summed E-state index contributed by atoms with van der Waals surface area (Å²) in [7, 11) is 0. The molecular weight excluding hydrogens is 176 g/mol. The van der Waals surface area contributed by atoms with Gasteiger partial charge in [-0.3, -0.25) is 4.79 Å². The highest BCUT2D eigenvalue weighted by Crippen LogP contribution is 2.46. The van der Waals surface area contributed by atoms with E-state index in [1.54, 1.807) is 17.1 Å². The van der Waals surface area contributed by atoms with Crippen molar-refractivity contribution in [1.29, 1.82) is 0 Å². The van der Waals surface area contributed by atoms with Crippen molar-refractivity contribution in [2.75, 3.05) is 19.6 Å². The molecule has 0 heterocycles. The van der Waals surface area contributed by atoms with E-state index in [-0.39, 0.29) is 11.3 Å². The first-order valence-electron chi connectivity index (χ1n) is 4.91. The van der Waals surface area contributed by atoms with E-state index in [4.69, 9.17) is 5.73 Å². The number of nitrogens with zero attached hydrogens (tertiary/aromatic N) is 1. The molecule has 1 aliphatic rings. The second kappa shape index (κ2) is 4.42. The topological polar surface area (TPSA) is 46.3 Å². The van der Waals surface area contributed by atoms with Crippen LogP contribution in [0.2, 0.25) is 0 Å². The van der Waals surface area contributed by atoms with Crippen molar-refractivity contribution >= 4 is 5.91 Å². The van der Waals surface area contributed by atoms with Crippen LogP contribution in [-0.4, -0.2) is 30.4 Å². The van der Waals surface area contributed by atoms with Crippen LogP contribution in [0.4, 0.5) is 0 Å². The molecule has 3 heteroatoms. The fraction of sp³-hybridized carbons (Fsp3) is 0.545. The van der Waals surface area contributed by atoms with E-state index in [0.29, 0.717) is 19.6 Å². The Morgan fingerprint density at radius 1 is 1.36 bits per heavy atom. The first-order valence-corrected chi connectivity index (χ1v) is 4.91. The van der Waals surface area contributed by atoms with Gasteiger partial charge in [0, 0.05) is 19.6 Å². The fourth-order valence-electron chi connectivity index (χ4n) is 1.54. The van der Waals surface area contributed by atoms with Crippen molar-refractivity contribution in [2.45, 2.75) is 12.8 Å². The van der Waals surface area contributed by atoms with E-state index >= 15 is 0 Å². The van der Waals surface area contributed by atoms with Gasteiger partial charge in [0.1, 0.15) is 0 Å². The third-order valence-electron chi connectivity index (χ3n) is 2.68. The molecule has 78 valence electrons. The molecule has 1 saturated carbocycles. The van der Waals surface area contributed by atoms with Gasteiger partial charge in [0.15, 0.2) is 0 Å². The van der Waals surface area contributed by atoms with Gasteiger partial charge in [0.2, 0.25) is 5.91 Å². The number of carbonyl (C=O) groups is 1. The summed E-state index contributed by atoms with van der Waals surface area (Å²) in [4.78, 5) is 13.7. The van der Waals surface area contributed by atoms with E-state index in [1.165, 1.54) is 0 Å². The summed E-state index contributed by atoms with van der Waals surface area (Å²) in [5.41, 5.74) is 5.34. The van der Waals surface area contributed by atoms with Gasteiger partial charge in [-0.05, 0) is 12.8 Å². The molecule has 0 saturated heterocycles. The minimum absolute atomic E-state index is 0.153. The van der Waals surface area contributed by atoms with Crippen molar-refractivity contribution in [1.82, 2.24) is 4.90 Å². The summed E-state index contributed by atoms with van der Waals surface area (Å²) >= 11 is 0. The van der Waals surface area contributed by atoms with Gasteiger partial charge in [-0.1, -0.05) is 12.2 Å². The molecule has 1 aliphatic carbocycles. The first kappa shape index (κ1) is 11.0. The number of hydrogen-bond acceptors (Lipinski definition) is 2. The van der Waals surface area contributed by atoms with Crippen LogP contribution in [0.3, 0.4) is 0 Å². The van der Waals surface area contributed by atoms with Gasteiger partial charge >= 0.3 is 0 Å². The molecule has 14 heavy (non-hydrogen) atoms. The zero-order valence-electron chi connectivity index (χ0n) is 8.54. The lowest BCUT2D eigenvalue weighted by Gasteiger charge is -2.24. The molecule has 1 rings (SSSR count). The third kappa shape index (κ3) is 2.04. The molecular formula is C11H18N2O. The van der Waals surface area contributed by atoms with Crippen LogP contribution in [0, 0.1) is 5.41 Å². The van der Waals surface area contributed by atoms with Crippen LogP contribution in [0.25, 0.3) is 0 Å². The Labute approximate surface area is 85.3 Å². The molecule has 0 aromatic carbocycles. The van der Waals surface area contributed by atoms with E-state index < -0.39 is 0 Å². The van der Waals surface area contributed by atoms with Crippen molar-refractivity contribution in [3.63, 3.8) is 0 Å². The van der Waals surface area contributed by atoms with Crippen LogP contribution in [-0.2, 0) is 4.79 Å². The molecule has 0 radical (unpaired) electrons. The standard InChI is InChI=1S/C11H18N2O/c1-3-7-13(8-4-2)10(14)11(9-12)5-6-11/h3-4H,1-2,5-9,12H2. The maximum absolute atomic E-state index is 12.0. The summed E-state index contributed by atoms with van der Waals surface area (Å²) in [6, 6.07) is 0. The van der Waals surface area contributed by atoms with Gasteiger partial charge in [-0.2, -0.15) is 0 Å². The van der Waals surface area contributed by atoms with E-state index in [9.17, 15) is 4.79 Å². The fourth-order valence-corrected chi connectivity index (χ4v) is 1.54. The molecule has 0 aromatic rings. The molecule has 0 aromatic heterocycles. The Hall–Kier alpha value is -1.09. The van der Waals surface area contributed by atoms with Gasteiger partial charge in [-0.15, -0.1) is 13.2 Å². The lowest BCUT2D eigenvalue weighted by molar-refractivity contribution is -0.135. The number of nitrogens with two attached hydrogens (primary N) is 1. The Kier molecular flexibility index (Phi) is 3.47. The lowest BCUT2D eigenvalue weighted by Crippen LogP contribution is -2.40. The lowest BCUT2D eigenvalue weighted by atomic mass is 10.1. The minimum Gasteiger partial charge on any atom is -0.335 e. The van der Waals surface area contributed by atoms with Gasteiger partial charge in [0.25, 0.3) is 0 Å². The predicted molar refractivity (Wildman–Crippen MR) is 57.7 cm³/mol. The van der Waals surface area contributed by atoms with Gasteiger partial charge < -0.3 is 10.6 Å². The second-order valence-corrected chi connectivity index (χ2v) is 3.77. The normalized spacial score (nSPS) is 17.2. The Bertz CT molecular complexity index is 234. The Morgan fingerprint density at radius 2 is 1.86 bits per heavy atom. The quantitative estimate of drug-likeness (QED) is 0.639. The minimum atomic E-state index is -0.258. The predicted octanol–water partition coefficient (Wildman–Crippen LogP) is 0.926. The molecule has 1 amide bonds. The van der Waals surface area contributed by atoms with Crippen LogP contribution in [0.15, 0.2) is 25.3 Å². The average molecular weight is 194 g/mol. The number of amides is 1. The maximum Gasteiger partial charge on any atom is 0.230 e. The summed E-state index contributed by atoms with van der Waals surface area (Å²) in [5.74, 6) is 0.153. The molecule has 0 bridgehead atoms. The summed E-state index contributed by atoms with van der Waals surface area (Å²) in [6.07, 6.45) is 5.31. The summed E-state index contributed by atoms with van der Waals surface area (Å²) in [5, 5.41) is 0. The smallest absolute Gasteiger partial charge is 0.230 e. The zero-order valence-corrected chi connectivity index (χ0v) is 8.54. The molecule has 0 unspecified atom stereocenters. The van der Waals surface area contributed by atoms with E-state index in [1.807, 2.05) is 0 Å². The number of rotatable bonds is 6. The maximum atomic E-state index is 12.0. The first-order chi connectivity index (χ1) is 6.70. The summed E-state index contributed by atoms with van der Waals surface area (Å²) in [6.45, 7) is 8.87. The number of hydrogen-bond donors (Lipinski definition) is 1. The van der Waals surface area contributed by atoms with Crippen molar-refractivity contribution in [3.8, 4) is 0 Å². The third-order valence-corrected chi connectivity index (χ3v) is 2.68. The Balaban J connectivity index is 2.62. The molecule has 0 atom stereocenters. The summed E-state index contributed by atoms with van der Waals surface area (Å²) < 4.78 is 0. The average Bonchev–Trinajstić information content (AvgIpc) is 2.97. The monoisotopic (exact) mass is 194 g/mol. The van der Waals surface area contributed by atoms with Crippen LogP contribution < -0.4 is 5.73 Å². The molecule has 0 spiro atoms. The number of carbonyl (C=O) groups excluding carboxylic acids is 1. The molecule has 1 fully saturated rings. The van der Waals surface area contributed by atoms with Gasteiger partial charge in [0.05, 0.1) is 5.41 Å². The Morgan fingerprint density at radius 3 is 2.14 bits per heavy atom. The van der Waals surface area contributed by atoms with Crippen LogP contribution in [0.5, 0.6) is 0 Å². The molecule has 2 N–H and O–H groups in total. The largest absolute Gasteiger partial charge is 0.335 e. The highest BCUT2D eigenvalue weighted by molar-refractivity contribution is 5.85. The molecule has 0 aliphatic heterocycles. The van der Waals surface area contributed by atoms with E-state index in [2.05, 4.69) is 13.2 Å². The van der Waals surface area contributed by atoms with E-state index in [0.717, 1.165) is 12.8 Å². The molecule has 3 nitrogen and oxygen atoms in total. The van der Waals surface area contributed by atoms with Crippen LogP contribution >= 0.6 is 0 Å². The van der Waals surface area contributed by atoms with Crippen molar-refractivity contribution in [2.24, 2.45) is 11.1 Å². The van der Waals surface area contributed by atoms with Gasteiger partial charge in [-0.25, -0.2) is 0 Å². The van der Waals surface area contributed by atoms with Crippen LogP contribution in [0.1, 0.15) is 12.8 Å². The highest BCUT2D eigenvalue weighted by atomic mass is 16.2. The van der Waals surface area contributed by atoms with Crippen molar-refractivity contribution < 1.29 is 4.79 Å². The highest BCUT2D eigenvalue weighted by Gasteiger charge is 2.50.